The van der Waals surface area contributed by atoms with Gasteiger partial charge in [0.05, 0.1) is 12.9 Å². The Labute approximate surface area is 279 Å². The molecule has 1 saturated heterocycles. The van der Waals surface area contributed by atoms with Gasteiger partial charge in [-0.15, -0.1) is 6.42 Å². The van der Waals surface area contributed by atoms with Gasteiger partial charge in [0.1, 0.15) is 24.1 Å². The SMILES string of the molecule is C#C[C@@]1(CO[P@@](=O)(N[C@@H](Cc2ccccc2)C(=O)OC(CCC)CCC)Oc2ccccc2)CC[C@H](n2cnc3c(N)nc(F)nc32)O1. The summed E-state index contributed by atoms with van der Waals surface area (Å²) < 4.78 is 54.4. The van der Waals surface area contributed by atoms with E-state index in [4.69, 9.17) is 30.7 Å². The number of nitrogens with zero attached hydrogens (tertiary/aromatic N) is 4. The molecule has 4 atom stereocenters. The molecule has 3 N–H and O–H groups in total. The number of benzene rings is 2. The van der Waals surface area contributed by atoms with Crippen molar-refractivity contribution in [2.75, 3.05) is 12.3 Å². The Morgan fingerprint density at radius 2 is 1.85 bits per heavy atom. The van der Waals surface area contributed by atoms with E-state index in [0.717, 1.165) is 18.4 Å². The van der Waals surface area contributed by atoms with E-state index in [1.165, 1.54) is 10.9 Å². The molecule has 0 spiro atoms. The van der Waals surface area contributed by atoms with Gasteiger partial charge in [-0.25, -0.2) is 9.55 Å². The maximum absolute atomic E-state index is 14.6. The number of imidazole rings is 1. The van der Waals surface area contributed by atoms with Crippen molar-refractivity contribution in [3.8, 4) is 18.1 Å². The molecule has 0 bridgehead atoms. The molecule has 1 fully saturated rings. The number of carbonyl (C=O) groups is 1. The van der Waals surface area contributed by atoms with Crippen molar-refractivity contribution >= 4 is 30.7 Å². The highest BCUT2D eigenvalue weighted by atomic mass is 31.2. The second-order valence-corrected chi connectivity index (χ2v) is 13.3. The molecule has 0 unspecified atom stereocenters. The zero-order valence-electron chi connectivity index (χ0n) is 27.0. The minimum atomic E-state index is -4.33. The summed E-state index contributed by atoms with van der Waals surface area (Å²) in [5, 5.41) is 2.88. The van der Waals surface area contributed by atoms with Crippen LogP contribution in [0.5, 0.6) is 5.75 Å². The highest BCUT2D eigenvalue weighted by Crippen LogP contribution is 2.48. The molecule has 2 aromatic heterocycles. The van der Waals surface area contributed by atoms with Crippen LogP contribution in [0.3, 0.4) is 0 Å². The van der Waals surface area contributed by atoms with Crippen LogP contribution in [0, 0.1) is 18.4 Å². The van der Waals surface area contributed by atoms with E-state index in [1.807, 2.05) is 44.2 Å². The third-order valence-corrected chi connectivity index (χ3v) is 9.52. The third-order valence-electron chi connectivity index (χ3n) is 7.97. The molecule has 1 aliphatic rings. The summed E-state index contributed by atoms with van der Waals surface area (Å²) in [7, 11) is -4.33. The Morgan fingerprint density at radius 1 is 1.17 bits per heavy atom. The lowest BCUT2D eigenvalue weighted by atomic mass is 10.0. The number of esters is 1. The Balaban J connectivity index is 1.40. The molecule has 0 radical (unpaired) electrons. The van der Waals surface area contributed by atoms with Crippen molar-refractivity contribution in [3.63, 3.8) is 0 Å². The number of fused-ring (bicyclic) bond motifs is 1. The van der Waals surface area contributed by atoms with Crippen molar-refractivity contribution in [2.45, 2.75) is 82.8 Å². The van der Waals surface area contributed by atoms with Crippen molar-refractivity contribution in [2.24, 2.45) is 0 Å². The fraction of sp³-hybridized carbons (Fsp3) is 0.412. The molecular formula is C34H40FN6O6P. The quantitative estimate of drug-likeness (QED) is 0.0608. The number of para-hydroxylation sites is 1. The molecule has 1 aliphatic heterocycles. The average molecular weight is 679 g/mol. The van der Waals surface area contributed by atoms with Crippen molar-refractivity contribution in [3.05, 3.63) is 78.6 Å². The van der Waals surface area contributed by atoms with Crippen molar-refractivity contribution in [1.29, 1.82) is 0 Å². The van der Waals surface area contributed by atoms with E-state index in [1.54, 1.807) is 30.3 Å². The number of terminal acetylenes is 1. The summed E-state index contributed by atoms with van der Waals surface area (Å²) in [5.74, 6) is 2.21. The molecule has 0 saturated carbocycles. The van der Waals surface area contributed by atoms with Crippen LogP contribution in [-0.2, 0) is 29.8 Å². The van der Waals surface area contributed by atoms with E-state index >= 15 is 0 Å². The van der Waals surface area contributed by atoms with Crippen LogP contribution in [0.25, 0.3) is 11.2 Å². The van der Waals surface area contributed by atoms with Gasteiger partial charge < -0.3 is 19.7 Å². The Kier molecular flexibility index (Phi) is 11.4. The van der Waals surface area contributed by atoms with Crippen LogP contribution in [-0.4, -0.2) is 49.8 Å². The molecule has 5 rings (SSSR count). The van der Waals surface area contributed by atoms with Crippen molar-refractivity contribution in [1.82, 2.24) is 24.6 Å². The summed E-state index contributed by atoms with van der Waals surface area (Å²) in [6, 6.07) is 16.7. The number of nitrogens with two attached hydrogens (primary N) is 1. The maximum atomic E-state index is 14.6. The normalized spacial score (nSPS) is 19.5. The van der Waals surface area contributed by atoms with E-state index in [2.05, 4.69) is 26.0 Å². The Morgan fingerprint density at radius 3 is 2.52 bits per heavy atom. The van der Waals surface area contributed by atoms with Crippen LogP contribution in [0.2, 0.25) is 0 Å². The lowest BCUT2D eigenvalue weighted by Crippen LogP contribution is -2.42. The van der Waals surface area contributed by atoms with Gasteiger partial charge in [0, 0.05) is 0 Å². The van der Waals surface area contributed by atoms with Gasteiger partial charge in [0.15, 0.2) is 22.6 Å². The first-order valence-corrected chi connectivity index (χ1v) is 17.5. The third kappa shape index (κ3) is 8.57. The highest BCUT2D eigenvalue weighted by molar-refractivity contribution is 7.52. The van der Waals surface area contributed by atoms with Gasteiger partial charge in [0.25, 0.3) is 0 Å². The molecule has 14 heteroatoms. The largest absolute Gasteiger partial charge is 0.461 e. The molecule has 0 amide bonds. The number of rotatable bonds is 16. The zero-order chi connectivity index (χ0) is 34.1. The van der Waals surface area contributed by atoms with Crippen molar-refractivity contribution < 1.29 is 32.3 Å². The van der Waals surface area contributed by atoms with Gasteiger partial charge in [0.2, 0.25) is 0 Å². The minimum absolute atomic E-state index is 0.106. The molecular weight excluding hydrogens is 638 g/mol. The molecule has 0 aliphatic carbocycles. The van der Waals surface area contributed by atoms with Crippen LogP contribution in [0.1, 0.15) is 64.2 Å². The van der Waals surface area contributed by atoms with Crippen LogP contribution in [0.4, 0.5) is 10.2 Å². The number of nitrogens with one attached hydrogen (secondary N) is 1. The first kappa shape index (κ1) is 35.0. The monoisotopic (exact) mass is 678 g/mol. The highest BCUT2D eigenvalue weighted by Gasteiger charge is 2.44. The summed E-state index contributed by atoms with van der Waals surface area (Å²) >= 11 is 0. The number of ether oxygens (including phenoxy) is 2. The predicted octanol–water partition coefficient (Wildman–Crippen LogP) is 6.15. The number of halogens is 1. The van der Waals surface area contributed by atoms with Gasteiger partial charge >= 0.3 is 19.8 Å². The second kappa shape index (κ2) is 15.7. The topological polar surface area (TPSA) is 153 Å². The molecule has 3 heterocycles. The Bertz CT molecular complexity index is 1760. The smallest absolute Gasteiger partial charge is 0.459 e. The predicted molar refractivity (Wildman–Crippen MR) is 178 cm³/mol. The Hall–Kier alpha value is -4.34. The number of hydrogen-bond donors (Lipinski definition) is 2. The maximum Gasteiger partial charge on any atom is 0.459 e. The average Bonchev–Trinajstić information content (AvgIpc) is 3.70. The van der Waals surface area contributed by atoms with Gasteiger partial charge in [-0.2, -0.15) is 19.4 Å². The van der Waals surface area contributed by atoms with E-state index < -0.39 is 37.7 Å². The van der Waals surface area contributed by atoms with E-state index in [0.29, 0.717) is 19.3 Å². The first-order chi connectivity index (χ1) is 23.2. The summed E-state index contributed by atoms with van der Waals surface area (Å²) in [6.07, 6.45) is 9.30. The lowest BCUT2D eigenvalue weighted by Gasteiger charge is -2.29. The summed E-state index contributed by atoms with van der Waals surface area (Å²) in [6.45, 7) is 3.69. The van der Waals surface area contributed by atoms with Gasteiger partial charge in [-0.3, -0.25) is 13.9 Å². The molecule has 12 nitrogen and oxygen atoms in total. The molecule has 4 aromatic rings. The summed E-state index contributed by atoms with van der Waals surface area (Å²) in [4.78, 5) is 25.3. The second-order valence-electron chi connectivity index (χ2n) is 11.6. The zero-order valence-corrected chi connectivity index (χ0v) is 27.9. The number of anilines is 1. The van der Waals surface area contributed by atoms with Crippen LogP contribution >= 0.6 is 7.75 Å². The summed E-state index contributed by atoms with van der Waals surface area (Å²) in [5.41, 5.74) is 5.64. The molecule has 48 heavy (non-hydrogen) atoms. The number of carbonyl (C=O) groups excluding carboxylic acids is 1. The molecule has 2 aromatic carbocycles. The van der Waals surface area contributed by atoms with Gasteiger partial charge in [-0.05, 0) is 49.8 Å². The number of hydrogen-bond acceptors (Lipinski definition) is 10. The van der Waals surface area contributed by atoms with E-state index in [-0.39, 0.29) is 48.3 Å². The van der Waals surface area contributed by atoms with Crippen LogP contribution in [0.15, 0.2) is 67.0 Å². The van der Waals surface area contributed by atoms with Crippen LogP contribution < -0.4 is 15.3 Å². The fourth-order valence-corrected chi connectivity index (χ4v) is 7.12. The number of aromatic nitrogens is 4. The van der Waals surface area contributed by atoms with E-state index in [9.17, 15) is 13.8 Å². The first-order valence-electron chi connectivity index (χ1n) is 16.0. The fourth-order valence-electron chi connectivity index (χ4n) is 5.58. The number of nitrogen functional groups attached to an aromatic ring is 1. The standard InChI is InChI=1S/C34H40FN6O6P/c1-4-13-25(14-5-2)45-32(42)27(21-24-15-9-7-10-16-24)40-48(43,47-26-17-11-8-12-18-26)44-22-34(6-3)20-19-28(46-34)41-23-37-29-30(36)38-33(35)39-31(29)41/h3,7-12,15-18,23,25,27-28H,4-5,13-14,19-22H2,1-2H3,(H,40,43)(H2,36,38,39)/t27-,28+,34-,48-/m0/s1. The van der Waals surface area contributed by atoms with Gasteiger partial charge in [-0.1, -0.05) is 81.1 Å². The lowest BCUT2D eigenvalue weighted by molar-refractivity contribution is -0.152. The molecule has 254 valence electrons. The minimum Gasteiger partial charge on any atom is -0.461 e.